The van der Waals surface area contributed by atoms with E-state index in [2.05, 4.69) is 68.4 Å². The van der Waals surface area contributed by atoms with Crippen molar-refractivity contribution in [1.82, 2.24) is 5.32 Å². The Kier molecular flexibility index (Phi) is 6.74. The number of halogens is 3. The Morgan fingerprint density at radius 1 is 1.14 bits per heavy atom. The molecule has 1 atom stereocenters. The summed E-state index contributed by atoms with van der Waals surface area (Å²) >= 11 is 13.3. The smallest absolute Gasteiger partial charge is 0.0408 e. The molecule has 0 radical (unpaired) electrons. The van der Waals surface area contributed by atoms with E-state index in [1.165, 1.54) is 11.1 Å². The van der Waals surface area contributed by atoms with Gasteiger partial charge < -0.3 is 5.32 Å². The van der Waals surface area contributed by atoms with E-state index >= 15 is 0 Å². The first-order chi connectivity index (χ1) is 10.1. The highest BCUT2D eigenvalue weighted by molar-refractivity contribution is 9.11. The van der Waals surface area contributed by atoms with Crippen LogP contribution in [0.3, 0.4) is 0 Å². The van der Waals surface area contributed by atoms with Gasteiger partial charge in [-0.2, -0.15) is 0 Å². The molecule has 1 N–H and O–H groups in total. The van der Waals surface area contributed by atoms with Crippen molar-refractivity contribution in [3.8, 4) is 0 Å². The first kappa shape index (κ1) is 17.0. The first-order valence-corrected chi connectivity index (χ1v) is 8.99. The predicted octanol–water partition coefficient (Wildman–Crippen LogP) is 6.15. The van der Waals surface area contributed by atoms with Crippen LogP contribution in [0.2, 0.25) is 5.02 Å². The van der Waals surface area contributed by atoms with Gasteiger partial charge in [0.15, 0.2) is 0 Å². The molecule has 1 unspecified atom stereocenters. The van der Waals surface area contributed by atoms with E-state index in [-0.39, 0.29) is 6.04 Å². The van der Waals surface area contributed by atoms with Gasteiger partial charge in [-0.1, -0.05) is 68.6 Å². The average molecular weight is 432 g/mol. The number of nitrogens with one attached hydrogen (secondary N) is 1. The van der Waals surface area contributed by atoms with Crippen LogP contribution >= 0.6 is 43.5 Å². The molecular formula is C17H18Br2ClN. The molecule has 2 aromatic carbocycles. The Labute approximate surface area is 148 Å². The minimum absolute atomic E-state index is 0.269. The lowest BCUT2D eigenvalue weighted by molar-refractivity contribution is 0.527. The molecule has 0 saturated carbocycles. The number of hydrogen-bond acceptors (Lipinski definition) is 1. The highest BCUT2D eigenvalue weighted by Gasteiger charge is 2.15. The van der Waals surface area contributed by atoms with Crippen LogP contribution in [-0.4, -0.2) is 6.54 Å². The van der Waals surface area contributed by atoms with Crippen LogP contribution in [0.25, 0.3) is 0 Å². The van der Waals surface area contributed by atoms with E-state index < -0.39 is 0 Å². The van der Waals surface area contributed by atoms with Crippen LogP contribution < -0.4 is 5.32 Å². The summed E-state index contributed by atoms with van der Waals surface area (Å²) in [5, 5.41) is 4.41. The fourth-order valence-electron chi connectivity index (χ4n) is 2.29. The van der Waals surface area contributed by atoms with Crippen molar-refractivity contribution < 1.29 is 0 Å². The van der Waals surface area contributed by atoms with Crippen LogP contribution in [0.15, 0.2) is 51.4 Å². The monoisotopic (exact) mass is 429 g/mol. The Morgan fingerprint density at radius 3 is 2.62 bits per heavy atom. The van der Waals surface area contributed by atoms with Gasteiger partial charge in [-0.3, -0.25) is 0 Å². The SMILES string of the molecule is CCCNC(Cc1cccc(Cl)c1)c1ccc(Br)cc1Br. The Hall–Kier alpha value is -0.350. The maximum absolute atomic E-state index is 6.09. The lowest BCUT2D eigenvalue weighted by atomic mass is 9.98. The summed E-state index contributed by atoms with van der Waals surface area (Å²) in [5.74, 6) is 0. The second-order valence-electron chi connectivity index (χ2n) is 5.01. The third-order valence-electron chi connectivity index (χ3n) is 3.31. The van der Waals surface area contributed by atoms with Crippen LogP contribution in [0, 0.1) is 0 Å². The molecular weight excluding hydrogens is 413 g/mol. The van der Waals surface area contributed by atoms with Crippen LogP contribution in [0.5, 0.6) is 0 Å². The first-order valence-electron chi connectivity index (χ1n) is 7.03. The molecule has 112 valence electrons. The molecule has 0 aromatic heterocycles. The van der Waals surface area contributed by atoms with Gasteiger partial charge >= 0.3 is 0 Å². The second-order valence-corrected chi connectivity index (χ2v) is 7.21. The molecule has 2 aromatic rings. The van der Waals surface area contributed by atoms with Gasteiger partial charge in [0, 0.05) is 20.0 Å². The van der Waals surface area contributed by atoms with Crippen LogP contribution in [0.4, 0.5) is 0 Å². The van der Waals surface area contributed by atoms with Crippen molar-refractivity contribution in [2.24, 2.45) is 0 Å². The molecule has 0 aliphatic rings. The molecule has 0 saturated heterocycles. The Morgan fingerprint density at radius 2 is 1.95 bits per heavy atom. The molecule has 0 spiro atoms. The number of rotatable bonds is 6. The van der Waals surface area contributed by atoms with Gasteiger partial charge in [-0.15, -0.1) is 0 Å². The lowest BCUT2D eigenvalue weighted by Gasteiger charge is -2.21. The van der Waals surface area contributed by atoms with Crippen molar-refractivity contribution in [3.63, 3.8) is 0 Å². The molecule has 1 nitrogen and oxygen atoms in total. The Bertz CT molecular complexity index is 601. The van der Waals surface area contributed by atoms with Crippen molar-refractivity contribution >= 4 is 43.5 Å². The zero-order valence-electron chi connectivity index (χ0n) is 11.9. The summed E-state index contributed by atoms with van der Waals surface area (Å²) in [6.45, 7) is 3.17. The van der Waals surface area contributed by atoms with Crippen molar-refractivity contribution in [2.45, 2.75) is 25.8 Å². The fraction of sp³-hybridized carbons (Fsp3) is 0.294. The minimum atomic E-state index is 0.269. The van der Waals surface area contributed by atoms with Gasteiger partial charge in [-0.05, 0) is 54.8 Å². The summed E-state index contributed by atoms with van der Waals surface area (Å²) in [4.78, 5) is 0. The highest BCUT2D eigenvalue weighted by Crippen LogP contribution is 2.29. The third kappa shape index (κ3) is 5.10. The molecule has 0 amide bonds. The lowest BCUT2D eigenvalue weighted by Crippen LogP contribution is -2.24. The van der Waals surface area contributed by atoms with Crippen LogP contribution in [0.1, 0.15) is 30.5 Å². The van der Waals surface area contributed by atoms with Gasteiger partial charge in [0.2, 0.25) is 0 Å². The molecule has 0 aliphatic carbocycles. The zero-order valence-corrected chi connectivity index (χ0v) is 15.8. The van der Waals surface area contributed by atoms with E-state index in [9.17, 15) is 0 Å². The van der Waals surface area contributed by atoms with Gasteiger partial charge in [-0.25, -0.2) is 0 Å². The molecule has 0 aliphatic heterocycles. The molecule has 0 fully saturated rings. The topological polar surface area (TPSA) is 12.0 Å². The second kappa shape index (κ2) is 8.33. The van der Waals surface area contributed by atoms with E-state index in [1.807, 2.05) is 18.2 Å². The number of benzene rings is 2. The van der Waals surface area contributed by atoms with Gasteiger partial charge in [0.05, 0.1) is 0 Å². The normalized spacial score (nSPS) is 12.4. The quantitative estimate of drug-likeness (QED) is 0.579. The third-order valence-corrected chi connectivity index (χ3v) is 4.72. The summed E-state index contributed by atoms with van der Waals surface area (Å²) in [5.41, 5.74) is 2.51. The maximum atomic E-state index is 6.09. The highest BCUT2D eigenvalue weighted by atomic mass is 79.9. The molecule has 0 heterocycles. The van der Waals surface area contributed by atoms with Crippen LogP contribution in [-0.2, 0) is 6.42 Å². The Balaban J connectivity index is 2.25. The summed E-state index contributed by atoms with van der Waals surface area (Å²) in [7, 11) is 0. The average Bonchev–Trinajstić information content (AvgIpc) is 2.44. The minimum Gasteiger partial charge on any atom is -0.310 e. The van der Waals surface area contributed by atoms with Crippen molar-refractivity contribution in [1.29, 1.82) is 0 Å². The van der Waals surface area contributed by atoms with E-state index in [0.29, 0.717) is 0 Å². The van der Waals surface area contributed by atoms with Crippen molar-refractivity contribution in [3.05, 3.63) is 67.6 Å². The summed E-state index contributed by atoms with van der Waals surface area (Å²) in [6, 6.07) is 14.7. The maximum Gasteiger partial charge on any atom is 0.0408 e. The van der Waals surface area contributed by atoms with Gasteiger partial charge in [0.25, 0.3) is 0 Å². The summed E-state index contributed by atoms with van der Waals surface area (Å²) < 4.78 is 2.20. The molecule has 21 heavy (non-hydrogen) atoms. The standard InChI is InChI=1S/C17H18Br2ClN/c1-2-8-21-17(10-12-4-3-5-14(20)9-12)15-7-6-13(18)11-16(15)19/h3-7,9,11,17,21H,2,8,10H2,1H3. The largest absolute Gasteiger partial charge is 0.310 e. The van der Waals surface area contributed by atoms with Crippen molar-refractivity contribution in [2.75, 3.05) is 6.54 Å². The fourth-order valence-corrected chi connectivity index (χ4v) is 3.83. The van der Waals surface area contributed by atoms with E-state index in [0.717, 1.165) is 33.4 Å². The van der Waals surface area contributed by atoms with E-state index in [4.69, 9.17) is 11.6 Å². The molecule has 2 rings (SSSR count). The zero-order chi connectivity index (χ0) is 15.2. The van der Waals surface area contributed by atoms with Gasteiger partial charge in [0.1, 0.15) is 0 Å². The number of hydrogen-bond donors (Lipinski definition) is 1. The predicted molar refractivity (Wildman–Crippen MR) is 98.0 cm³/mol. The molecule has 0 bridgehead atoms. The summed E-state index contributed by atoms with van der Waals surface area (Å²) in [6.07, 6.45) is 2.03. The van der Waals surface area contributed by atoms with E-state index in [1.54, 1.807) is 0 Å². The molecule has 4 heteroatoms.